The van der Waals surface area contributed by atoms with Gasteiger partial charge in [0.15, 0.2) is 0 Å². The van der Waals surface area contributed by atoms with Gasteiger partial charge < -0.3 is 15.3 Å². The number of aliphatic hydroxyl groups is 3. The first-order valence-electron chi connectivity index (χ1n) is 13.9. The number of rotatable bonds is 1. The molecule has 0 aliphatic heterocycles. The minimum absolute atomic E-state index is 0.000849. The zero-order valence-electron chi connectivity index (χ0n) is 22.4. The molecule has 3 heteroatoms. The lowest BCUT2D eigenvalue weighted by Crippen LogP contribution is -2.67. The Morgan fingerprint density at radius 3 is 2.18 bits per heavy atom. The molecule has 0 aromatic heterocycles. The van der Waals surface area contributed by atoms with Crippen LogP contribution in [0.1, 0.15) is 106 Å². The maximum Gasteiger partial charge on any atom is 0.0762 e. The summed E-state index contributed by atoms with van der Waals surface area (Å²) in [6.07, 6.45) is 11.6. The van der Waals surface area contributed by atoms with Crippen LogP contribution in [-0.2, 0) is 0 Å². The Labute approximate surface area is 202 Å². The van der Waals surface area contributed by atoms with Crippen molar-refractivity contribution in [1.29, 1.82) is 0 Å². The summed E-state index contributed by atoms with van der Waals surface area (Å²) in [6.45, 7) is 17.1. The second-order valence-corrected chi connectivity index (χ2v) is 15.2. The first-order valence-corrected chi connectivity index (χ1v) is 13.9. The number of aliphatic hydroxyl groups excluding tert-OH is 3. The number of fused-ring (bicyclic) bond motifs is 7. The summed E-state index contributed by atoms with van der Waals surface area (Å²) >= 11 is 0. The van der Waals surface area contributed by atoms with E-state index in [1.165, 1.54) is 24.8 Å². The molecule has 4 saturated carbocycles. The van der Waals surface area contributed by atoms with Crippen LogP contribution in [0.2, 0.25) is 0 Å². The Kier molecular flexibility index (Phi) is 5.23. The molecule has 5 aliphatic rings. The van der Waals surface area contributed by atoms with Gasteiger partial charge in [-0.05, 0) is 102 Å². The maximum absolute atomic E-state index is 11.9. The SMILES string of the molecule is CC1(C)C2CC[C@]3(C)C(C(O)C=C4C5C[C@@](C)(CO)CC[C@]5(C)CC[C@]43C)[C@@]2(C)CC[C@@H]1O. The summed E-state index contributed by atoms with van der Waals surface area (Å²) in [5.74, 6) is 1.15. The van der Waals surface area contributed by atoms with Crippen molar-refractivity contribution >= 4 is 0 Å². The van der Waals surface area contributed by atoms with Crippen molar-refractivity contribution in [3.63, 3.8) is 0 Å². The van der Waals surface area contributed by atoms with Crippen molar-refractivity contribution in [2.75, 3.05) is 6.61 Å². The molecule has 188 valence electrons. The predicted molar refractivity (Wildman–Crippen MR) is 134 cm³/mol. The van der Waals surface area contributed by atoms with Crippen LogP contribution in [-0.4, -0.2) is 34.1 Å². The highest BCUT2D eigenvalue weighted by Gasteiger charge is 2.69. The fourth-order valence-electron chi connectivity index (χ4n) is 10.7. The van der Waals surface area contributed by atoms with E-state index in [0.717, 1.165) is 38.5 Å². The van der Waals surface area contributed by atoms with Crippen LogP contribution in [0.25, 0.3) is 0 Å². The van der Waals surface area contributed by atoms with Crippen molar-refractivity contribution in [1.82, 2.24) is 0 Å². The monoisotopic (exact) mass is 458 g/mol. The zero-order chi connectivity index (χ0) is 24.2. The molecule has 3 N–H and O–H groups in total. The molecule has 0 bridgehead atoms. The fraction of sp³-hybridized carbons (Fsp3) is 0.933. The van der Waals surface area contributed by atoms with Gasteiger partial charge in [0.25, 0.3) is 0 Å². The highest BCUT2D eigenvalue weighted by atomic mass is 16.3. The molecule has 3 nitrogen and oxygen atoms in total. The van der Waals surface area contributed by atoms with Gasteiger partial charge in [-0.3, -0.25) is 0 Å². The minimum atomic E-state index is -0.415. The maximum atomic E-state index is 11.9. The summed E-state index contributed by atoms with van der Waals surface area (Å²) in [5, 5.41) is 33.0. The first kappa shape index (κ1) is 24.3. The fourth-order valence-corrected chi connectivity index (χ4v) is 10.7. The van der Waals surface area contributed by atoms with Crippen LogP contribution in [0.4, 0.5) is 0 Å². The van der Waals surface area contributed by atoms with Crippen LogP contribution in [0.5, 0.6) is 0 Å². The van der Waals surface area contributed by atoms with Gasteiger partial charge in [0.05, 0.1) is 12.2 Å². The van der Waals surface area contributed by atoms with E-state index in [-0.39, 0.29) is 45.7 Å². The third-order valence-electron chi connectivity index (χ3n) is 13.2. The topological polar surface area (TPSA) is 60.7 Å². The lowest BCUT2D eigenvalue weighted by Gasteiger charge is -2.72. The molecule has 0 saturated heterocycles. The van der Waals surface area contributed by atoms with Gasteiger partial charge >= 0.3 is 0 Å². The van der Waals surface area contributed by atoms with E-state index in [1.54, 1.807) is 0 Å². The third-order valence-corrected chi connectivity index (χ3v) is 13.2. The van der Waals surface area contributed by atoms with Gasteiger partial charge in [-0.15, -0.1) is 0 Å². The highest BCUT2D eigenvalue weighted by Crippen LogP contribution is 2.75. The van der Waals surface area contributed by atoms with Gasteiger partial charge in [-0.25, -0.2) is 0 Å². The van der Waals surface area contributed by atoms with E-state index < -0.39 is 6.10 Å². The Bertz CT molecular complexity index is 847. The summed E-state index contributed by atoms with van der Waals surface area (Å²) in [6, 6.07) is 0. The minimum Gasteiger partial charge on any atom is -0.396 e. The third kappa shape index (κ3) is 2.97. The summed E-state index contributed by atoms with van der Waals surface area (Å²) in [4.78, 5) is 0. The number of allylic oxidation sites excluding steroid dienone is 1. The van der Waals surface area contributed by atoms with E-state index in [9.17, 15) is 15.3 Å². The average Bonchev–Trinajstić information content (AvgIpc) is 2.74. The van der Waals surface area contributed by atoms with Crippen molar-refractivity contribution in [2.45, 2.75) is 118 Å². The van der Waals surface area contributed by atoms with E-state index in [0.29, 0.717) is 17.3 Å². The molecule has 0 aromatic carbocycles. The molecule has 0 heterocycles. The number of hydrogen-bond acceptors (Lipinski definition) is 3. The smallest absolute Gasteiger partial charge is 0.0762 e. The molecule has 10 atom stereocenters. The van der Waals surface area contributed by atoms with Gasteiger partial charge in [0, 0.05) is 12.5 Å². The highest BCUT2D eigenvalue weighted by molar-refractivity contribution is 5.35. The molecule has 33 heavy (non-hydrogen) atoms. The van der Waals surface area contributed by atoms with Crippen molar-refractivity contribution in [3.8, 4) is 0 Å². The van der Waals surface area contributed by atoms with Crippen LogP contribution in [0.3, 0.4) is 0 Å². The van der Waals surface area contributed by atoms with Gasteiger partial charge in [0.2, 0.25) is 0 Å². The molecule has 4 fully saturated rings. The predicted octanol–water partition coefficient (Wildman–Crippen LogP) is 6.11. The van der Waals surface area contributed by atoms with Crippen LogP contribution in [0.15, 0.2) is 11.6 Å². The zero-order valence-corrected chi connectivity index (χ0v) is 22.4. The quantitative estimate of drug-likeness (QED) is 0.415. The normalized spacial score (nSPS) is 57.8. The second-order valence-electron chi connectivity index (χ2n) is 15.2. The molecule has 4 unspecified atom stereocenters. The molecular formula is C30H50O3. The Morgan fingerprint density at radius 1 is 0.848 bits per heavy atom. The molecule has 0 amide bonds. The molecular weight excluding hydrogens is 408 g/mol. The average molecular weight is 459 g/mol. The lowest BCUT2D eigenvalue weighted by molar-refractivity contribution is -0.224. The van der Waals surface area contributed by atoms with Crippen LogP contribution >= 0.6 is 0 Å². The van der Waals surface area contributed by atoms with Crippen molar-refractivity contribution < 1.29 is 15.3 Å². The van der Waals surface area contributed by atoms with E-state index in [1.807, 2.05) is 0 Å². The summed E-state index contributed by atoms with van der Waals surface area (Å²) in [5.41, 5.74) is 1.93. The van der Waals surface area contributed by atoms with E-state index in [2.05, 4.69) is 54.5 Å². The first-order chi connectivity index (χ1) is 15.2. The van der Waals surface area contributed by atoms with Crippen LogP contribution < -0.4 is 0 Å². The van der Waals surface area contributed by atoms with Gasteiger partial charge in [-0.2, -0.15) is 0 Å². The van der Waals surface area contributed by atoms with Crippen molar-refractivity contribution in [2.24, 2.45) is 50.2 Å². The van der Waals surface area contributed by atoms with Crippen molar-refractivity contribution in [3.05, 3.63) is 11.6 Å². The number of hydrogen-bond donors (Lipinski definition) is 3. The molecule has 5 rings (SSSR count). The summed E-state index contributed by atoms with van der Waals surface area (Å²) in [7, 11) is 0. The largest absolute Gasteiger partial charge is 0.396 e. The molecule has 5 aliphatic carbocycles. The molecule has 0 spiro atoms. The Hall–Kier alpha value is -0.380. The van der Waals surface area contributed by atoms with Gasteiger partial charge in [0.1, 0.15) is 0 Å². The van der Waals surface area contributed by atoms with E-state index >= 15 is 0 Å². The van der Waals surface area contributed by atoms with E-state index in [4.69, 9.17) is 0 Å². The second kappa shape index (κ2) is 7.10. The summed E-state index contributed by atoms with van der Waals surface area (Å²) < 4.78 is 0. The molecule has 0 radical (unpaired) electrons. The molecule has 0 aromatic rings. The Morgan fingerprint density at radius 2 is 1.52 bits per heavy atom. The standard InChI is InChI=1S/C30H50O3/c1-25(2)22-8-11-30(7)24(28(22,5)10-9-23(25)33)21(32)16-19-20-17-26(3,18-31)12-13-27(20,4)14-15-29(19,30)6/h16,20-24,31-33H,8-15,17-18H2,1-7H3/t20?,21?,22?,23-,24?,26-,27+,28-,29+,30+/m0/s1. The lowest BCUT2D eigenvalue weighted by atomic mass is 9.33. The van der Waals surface area contributed by atoms with Crippen LogP contribution in [0, 0.1) is 50.2 Å². The Balaban J connectivity index is 1.61. The van der Waals surface area contributed by atoms with Gasteiger partial charge in [-0.1, -0.05) is 60.1 Å².